The Hall–Kier alpha value is -2.44. The van der Waals surface area contributed by atoms with E-state index in [1.807, 2.05) is 30.6 Å². The third kappa shape index (κ3) is 4.95. The van der Waals surface area contributed by atoms with Crippen LogP contribution in [0.25, 0.3) is 0 Å². The first-order valence-electron chi connectivity index (χ1n) is 10.3. The molecule has 0 aliphatic carbocycles. The lowest BCUT2D eigenvalue weighted by Crippen LogP contribution is -2.53. The third-order valence-electron chi connectivity index (χ3n) is 5.74. The van der Waals surface area contributed by atoms with Crippen molar-refractivity contribution in [2.24, 2.45) is 11.3 Å². The topological polar surface area (TPSA) is 60.9 Å². The number of benzene rings is 1. The van der Waals surface area contributed by atoms with E-state index >= 15 is 0 Å². The maximum Gasteiger partial charge on any atom is 0.253 e. The van der Waals surface area contributed by atoms with Crippen LogP contribution in [-0.2, 0) is 9.59 Å². The number of rotatable bonds is 2. The number of likely N-dealkylation sites (tertiary alicyclic amines) is 1. The van der Waals surface area contributed by atoms with Gasteiger partial charge in [-0.2, -0.15) is 0 Å². The van der Waals surface area contributed by atoms with Crippen molar-refractivity contribution in [2.75, 3.05) is 39.3 Å². The van der Waals surface area contributed by atoms with E-state index in [2.05, 4.69) is 0 Å². The minimum Gasteiger partial charge on any atom is -0.342 e. The predicted molar refractivity (Wildman–Crippen MR) is 108 cm³/mol. The molecule has 0 saturated carbocycles. The van der Waals surface area contributed by atoms with Crippen LogP contribution in [0, 0.1) is 17.2 Å². The van der Waals surface area contributed by atoms with Crippen molar-refractivity contribution in [3.63, 3.8) is 0 Å². The molecule has 29 heavy (non-hydrogen) atoms. The van der Waals surface area contributed by atoms with Gasteiger partial charge < -0.3 is 14.7 Å². The van der Waals surface area contributed by atoms with Gasteiger partial charge in [0.1, 0.15) is 5.82 Å². The molecule has 0 N–H and O–H groups in total. The molecule has 0 bridgehead atoms. The fraction of sp³-hybridized carbons (Fsp3) is 0.591. The minimum absolute atomic E-state index is 0.0571. The van der Waals surface area contributed by atoms with E-state index in [0.29, 0.717) is 57.7 Å². The number of carbonyl (C=O) groups excluding carboxylic acids is 3. The first-order chi connectivity index (χ1) is 13.7. The average molecular weight is 403 g/mol. The van der Waals surface area contributed by atoms with Crippen molar-refractivity contribution < 1.29 is 18.8 Å². The fourth-order valence-corrected chi connectivity index (χ4v) is 3.97. The summed E-state index contributed by atoms with van der Waals surface area (Å²) >= 11 is 0. The van der Waals surface area contributed by atoms with E-state index in [9.17, 15) is 18.8 Å². The van der Waals surface area contributed by atoms with Gasteiger partial charge in [-0.05, 0) is 37.1 Å². The molecule has 0 atom stereocenters. The van der Waals surface area contributed by atoms with Crippen molar-refractivity contribution in [3.05, 3.63) is 35.6 Å². The SMILES string of the molecule is CC(C)(C)C(=O)N1CCC(C(=O)N2CCN(C(=O)c3ccc(F)cc3)CC2)CC1. The van der Waals surface area contributed by atoms with Gasteiger partial charge in [0.25, 0.3) is 5.91 Å². The zero-order valence-electron chi connectivity index (χ0n) is 17.5. The van der Waals surface area contributed by atoms with Crippen LogP contribution < -0.4 is 0 Å². The lowest BCUT2D eigenvalue weighted by molar-refractivity contribution is -0.145. The molecular weight excluding hydrogens is 373 g/mol. The Balaban J connectivity index is 1.49. The van der Waals surface area contributed by atoms with Crippen molar-refractivity contribution >= 4 is 17.7 Å². The molecule has 158 valence electrons. The van der Waals surface area contributed by atoms with Gasteiger partial charge in [0.2, 0.25) is 11.8 Å². The van der Waals surface area contributed by atoms with Gasteiger partial charge in [-0.3, -0.25) is 14.4 Å². The van der Waals surface area contributed by atoms with Crippen molar-refractivity contribution in [2.45, 2.75) is 33.6 Å². The number of hydrogen-bond donors (Lipinski definition) is 0. The summed E-state index contributed by atoms with van der Waals surface area (Å²) in [4.78, 5) is 43.2. The number of hydrogen-bond acceptors (Lipinski definition) is 3. The second-order valence-electron chi connectivity index (χ2n) is 8.94. The van der Waals surface area contributed by atoms with Crippen LogP contribution in [0.5, 0.6) is 0 Å². The molecule has 0 unspecified atom stereocenters. The number of halogens is 1. The van der Waals surface area contributed by atoms with Crippen LogP contribution in [0.2, 0.25) is 0 Å². The van der Waals surface area contributed by atoms with E-state index in [1.54, 1.807) is 4.90 Å². The standard InChI is InChI=1S/C22H30FN3O3/c1-22(2,3)21(29)26-10-8-17(9-11-26)20(28)25-14-12-24(13-15-25)19(27)16-4-6-18(23)7-5-16/h4-7,17H,8-15H2,1-3H3. The highest BCUT2D eigenvalue weighted by Crippen LogP contribution is 2.25. The number of carbonyl (C=O) groups is 3. The summed E-state index contributed by atoms with van der Waals surface area (Å²) in [6.07, 6.45) is 1.38. The molecule has 2 fully saturated rings. The number of nitrogens with zero attached hydrogens (tertiary/aromatic N) is 3. The van der Waals surface area contributed by atoms with Crippen LogP contribution >= 0.6 is 0 Å². The molecule has 2 aliphatic rings. The molecule has 3 rings (SSSR count). The monoisotopic (exact) mass is 403 g/mol. The van der Waals surface area contributed by atoms with Crippen LogP contribution in [0.1, 0.15) is 44.0 Å². The summed E-state index contributed by atoms with van der Waals surface area (Å²) in [5, 5.41) is 0. The molecule has 0 radical (unpaired) electrons. The van der Waals surface area contributed by atoms with Gasteiger partial charge in [-0.1, -0.05) is 20.8 Å². The summed E-state index contributed by atoms with van der Waals surface area (Å²) in [5.41, 5.74) is 0.0617. The normalized spacial score (nSPS) is 18.7. The summed E-state index contributed by atoms with van der Waals surface area (Å²) in [7, 11) is 0. The van der Waals surface area contributed by atoms with Gasteiger partial charge >= 0.3 is 0 Å². The summed E-state index contributed by atoms with van der Waals surface area (Å²) in [6, 6.07) is 5.54. The second-order valence-corrected chi connectivity index (χ2v) is 8.94. The number of piperidine rings is 1. The smallest absolute Gasteiger partial charge is 0.253 e. The van der Waals surface area contributed by atoms with Gasteiger partial charge in [0.15, 0.2) is 0 Å². The predicted octanol–water partition coefficient (Wildman–Crippen LogP) is 2.39. The molecule has 2 saturated heterocycles. The van der Waals surface area contributed by atoms with Crippen LogP contribution in [0.3, 0.4) is 0 Å². The Morgan fingerprint density at radius 3 is 1.86 bits per heavy atom. The van der Waals surface area contributed by atoms with E-state index in [1.165, 1.54) is 24.3 Å². The minimum atomic E-state index is -0.399. The molecular formula is C22H30FN3O3. The molecule has 7 heteroatoms. The molecule has 1 aromatic carbocycles. The molecule has 0 spiro atoms. The highest BCUT2D eigenvalue weighted by Gasteiger charge is 2.35. The van der Waals surface area contributed by atoms with Crippen LogP contribution in [0.15, 0.2) is 24.3 Å². The van der Waals surface area contributed by atoms with Gasteiger partial charge in [0, 0.05) is 56.2 Å². The van der Waals surface area contributed by atoms with Crippen LogP contribution in [-0.4, -0.2) is 71.7 Å². The Labute approximate surface area is 171 Å². The van der Waals surface area contributed by atoms with E-state index in [4.69, 9.17) is 0 Å². The number of piperazine rings is 1. The zero-order chi connectivity index (χ0) is 21.2. The largest absolute Gasteiger partial charge is 0.342 e. The Morgan fingerprint density at radius 2 is 1.34 bits per heavy atom. The Morgan fingerprint density at radius 1 is 0.828 bits per heavy atom. The Bertz CT molecular complexity index is 757. The summed E-state index contributed by atoms with van der Waals surface area (Å²) < 4.78 is 13.0. The van der Waals surface area contributed by atoms with Crippen LogP contribution in [0.4, 0.5) is 4.39 Å². The van der Waals surface area contributed by atoms with Gasteiger partial charge in [-0.15, -0.1) is 0 Å². The lowest BCUT2D eigenvalue weighted by atomic mass is 9.90. The molecule has 6 nitrogen and oxygen atoms in total. The third-order valence-corrected chi connectivity index (χ3v) is 5.74. The van der Waals surface area contributed by atoms with E-state index in [0.717, 1.165) is 0 Å². The molecule has 2 aliphatic heterocycles. The average Bonchev–Trinajstić information content (AvgIpc) is 2.72. The first kappa shape index (κ1) is 21.3. The van der Waals surface area contributed by atoms with E-state index < -0.39 is 5.41 Å². The van der Waals surface area contributed by atoms with Gasteiger partial charge in [0.05, 0.1) is 0 Å². The lowest BCUT2D eigenvalue weighted by Gasteiger charge is -2.39. The maximum atomic E-state index is 13.0. The zero-order valence-corrected chi connectivity index (χ0v) is 17.5. The Kier molecular flexibility index (Phi) is 6.24. The highest BCUT2D eigenvalue weighted by atomic mass is 19.1. The molecule has 3 amide bonds. The van der Waals surface area contributed by atoms with Gasteiger partial charge in [-0.25, -0.2) is 4.39 Å². The van der Waals surface area contributed by atoms with E-state index in [-0.39, 0.29) is 29.5 Å². The summed E-state index contributed by atoms with van der Waals surface area (Å²) in [5.74, 6) is -0.297. The maximum absolute atomic E-state index is 13.0. The quantitative estimate of drug-likeness (QED) is 0.762. The highest BCUT2D eigenvalue weighted by molar-refractivity contribution is 5.94. The molecule has 1 aromatic rings. The van der Waals surface area contributed by atoms with Crippen molar-refractivity contribution in [1.82, 2.24) is 14.7 Å². The number of amides is 3. The first-order valence-corrected chi connectivity index (χ1v) is 10.3. The second kappa shape index (κ2) is 8.51. The van der Waals surface area contributed by atoms with Crippen molar-refractivity contribution in [3.8, 4) is 0 Å². The summed E-state index contributed by atoms with van der Waals surface area (Å²) in [6.45, 7) is 8.95. The molecule has 0 aromatic heterocycles. The van der Waals surface area contributed by atoms with Crippen molar-refractivity contribution in [1.29, 1.82) is 0 Å². The fourth-order valence-electron chi connectivity index (χ4n) is 3.97. The molecule has 2 heterocycles.